The van der Waals surface area contributed by atoms with Crippen LogP contribution in [0.25, 0.3) is 0 Å². The van der Waals surface area contributed by atoms with Crippen LogP contribution in [0.5, 0.6) is 0 Å². The first-order chi connectivity index (χ1) is 9.69. The Morgan fingerprint density at radius 2 is 2.35 bits per heavy atom. The molecule has 1 heterocycles. The highest BCUT2D eigenvalue weighted by molar-refractivity contribution is 9.10. The van der Waals surface area contributed by atoms with Crippen LogP contribution >= 0.6 is 15.9 Å². The van der Waals surface area contributed by atoms with Crippen molar-refractivity contribution in [1.82, 2.24) is 5.32 Å². The molecular weight excluding hydrogens is 321 g/mol. The smallest absolute Gasteiger partial charge is 0.127 e. The topological polar surface area (TPSA) is 21.3 Å². The van der Waals surface area contributed by atoms with E-state index in [0.29, 0.717) is 12.0 Å². The molecule has 1 aromatic rings. The third-order valence-corrected chi connectivity index (χ3v) is 4.30. The second-order valence-corrected chi connectivity index (χ2v) is 6.47. The van der Waals surface area contributed by atoms with Crippen molar-refractivity contribution in [2.75, 3.05) is 19.8 Å². The Morgan fingerprint density at radius 3 is 3.00 bits per heavy atom. The summed E-state index contributed by atoms with van der Waals surface area (Å²) in [6, 6.07) is 5.67. The summed E-state index contributed by atoms with van der Waals surface area (Å²) in [6.07, 6.45) is 4.04. The third kappa shape index (κ3) is 4.83. The fourth-order valence-electron chi connectivity index (χ4n) is 2.71. The number of ether oxygens (including phenoxy) is 1. The zero-order chi connectivity index (χ0) is 14.4. The SMILES string of the molecule is CCCNC(Cc1ccc(Br)cc1F)CC1CCOC1. The second-order valence-electron chi connectivity index (χ2n) is 5.56. The first-order valence-corrected chi connectivity index (χ1v) is 8.23. The maximum Gasteiger partial charge on any atom is 0.127 e. The van der Waals surface area contributed by atoms with Crippen LogP contribution in [0.1, 0.15) is 31.7 Å². The Balaban J connectivity index is 1.97. The fraction of sp³-hybridized carbons (Fsp3) is 0.625. The molecule has 1 N–H and O–H groups in total. The molecule has 1 aromatic carbocycles. The Morgan fingerprint density at radius 1 is 1.50 bits per heavy atom. The Bertz CT molecular complexity index is 421. The zero-order valence-corrected chi connectivity index (χ0v) is 13.6. The lowest BCUT2D eigenvalue weighted by atomic mass is 9.94. The van der Waals surface area contributed by atoms with Crippen LogP contribution in [0, 0.1) is 11.7 Å². The van der Waals surface area contributed by atoms with E-state index in [4.69, 9.17) is 4.74 Å². The third-order valence-electron chi connectivity index (χ3n) is 3.81. The Hall–Kier alpha value is -0.450. The van der Waals surface area contributed by atoms with Gasteiger partial charge in [0.25, 0.3) is 0 Å². The summed E-state index contributed by atoms with van der Waals surface area (Å²) in [4.78, 5) is 0. The van der Waals surface area contributed by atoms with Crippen molar-refractivity contribution >= 4 is 15.9 Å². The van der Waals surface area contributed by atoms with Gasteiger partial charge < -0.3 is 10.1 Å². The molecule has 1 fully saturated rings. The molecule has 2 atom stereocenters. The molecule has 2 unspecified atom stereocenters. The molecule has 1 saturated heterocycles. The van der Waals surface area contributed by atoms with Gasteiger partial charge in [-0.25, -0.2) is 4.39 Å². The van der Waals surface area contributed by atoms with E-state index >= 15 is 0 Å². The lowest BCUT2D eigenvalue weighted by molar-refractivity contribution is 0.181. The summed E-state index contributed by atoms with van der Waals surface area (Å²) >= 11 is 3.30. The molecule has 0 amide bonds. The van der Waals surface area contributed by atoms with Crippen molar-refractivity contribution in [1.29, 1.82) is 0 Å². The van der Waals surface area contributed by atoms with Crippen LogP contribution < -0.4 is 5.32 Å². The van der Waals surface area contributed by atoms with Crippen LogP contribution in [-0.4, -0.2) is 25.8 Å². The highest BCUT2D eigenvalue weighted by Gasteiger charge is 2.21. The number of hydrogen-bond donors (Lipinski definition) is 1. The maximum absolute atomic E-state index is 14.0. The molecule has 1 aliphatic rings. The summed E-state index contributed by atoms with van der Waals surface area (Å²) in [5.74, 6) is 0.494. The molecule has 4 heteroatoms. The van der Waals surface area contributed by atoms with Crippen LogP contribution in [0.4, 0.5) is 4.39 Å². The number of rotatable bonds is 7. The predicted octanol–water partition coefficient (Wildman–Crippen LogP) is 3.93. The highest BCUT2D eigenvalue weighted by atomic mass is 79.9. The molecule has 0 aliphatic carbocycles. The molecule has 2 rings (SSSR count). The normalized spacial score (nSPS) is 20.2. The van der Waals surface area contributed by atoms with Crippen LogP contribution in [0.15, 0.2) is 22.7 Å². The maximum atomic E-state index is 14.0. The van der Waals surface area contributed by atoms with E-state index in [1.165, 1.54) is 0 Å². The number of hydrogen-bond acceptors (Lipinski definition) is 2. The fourth-order valence-corrected chi connectivity index (χ4v) is 3.04. The summed E-state index contributed by atoms with van der Waals surface area (Å²) in [5, 5.41) is 3.55. The van der Waals surface area contributed by atoms with E-state index in [0.717, 1.165) is 55.5 Å². The average Bonchev–Trinajstić information content (AvgIpc) is 2.92. The van der Waals surface area contributed by atoms with Crippen molar-refractivity contribution < 1.29 is 9.13 Å². The van der Waals surface area contributed by atoms with E-state index in [2.05, 4.69) is 28.2 Å². The van der Waals surface area contributed by atoms with Gasteiger partial charge in [0.1, 0.15) is 5.82 Å². The van der Waals surface area contributed by atoms with Gasteiger partial charge in [-0.3, -0.25) is 0 Å². The van der Waals surface area contributed by atoms with E-state index in [-0.39, 0.29) is 5.82 Å². The van der Waals surface area contributed by atoms with Gasteiger partial charge in [0.2, 0.25) is 0 Å². The molecule has 2 nitrogen and oxygen atoms in total. The second kappa shape index (κ2) is 8.11. The van der Waals surface area contributed by atoms with Gasteiger partial charge in [-0.15, -0.1) is 0 Å². The van der Waals surface area contributed by atoms with E-state index in [1.807, 2.05) is 12.1 Å². The molecule has 0 bridgehead atoms. The van der Waals surface area contributed by atoms with Gasteiger partial charge in [-0.1, -0.05) is 28.9 Å². The van der Waals surface area contributed by atoms with Crippen molar-refractivity contribution in [2.45, 2.75) is 38.6 Å². The Kier molecular flexibility index (Phi) is 6.46. The summed E-state index contributed by atoms with van der Waals surface area (Å²) < 4.78 is 20.2. The quantitative estimate of drug-likeness (QED) is 0.809. The predicted molar refractivity (Wildman–Crippen MR) is 83.4 cm³/mol. The van der Waals surface area contributed by atoms with Gasteiger partial charge in [0.15, 0.2) is 0 Å². The van der Waals surface area contributed by atoms with Crippen LogP contribution in [0.2, 0.25) is 0 Å². The summed E-state index contributed by atoms with van der Waals surface area (Å²) in [7, 11) is 0. The molecule has 0 aromatic heterocycles. The minimum Gasteiger partial charge on any atom is -0.381 e. The van der Waals surface area contributed by atoms with Gasteiger partial charge >= 0.3 is 0 Å². The lowest BCUT2D eigenvalue weighted by Gasteiger charge is -2.21. The van der Waals surface area contributed by atoms with Gasteiger partial charge in [-0.2, -0.15) is 0 Å². The minimum absolute atomic E-state index is 0.120. The van der Waals surface area contributed by atoms with Crippen molar-refractivity contribution in [3.05, 3.63) is 34.1 Å². The van der Waals surface area contributed by atoms with E-state index in [9.17, 15) is 4.39 Å². The zero-order valence-electron chi connectivity index (χ0n) is 12.0. The highest BCUT2D eigenvalue weighted by Crippen LogP contribution is 2.22. The average molecular weight is 344 g/mol. The molecule has 0 spiro atoms. The van der Waals surface area contributed by atoms with Gasteiger partial charge in [-0.05, 0) is 55.8 Å². The van der Waals surface area contributed by atoms with Gasteiger partial charge in [0, 0.05) is 23.7 Å². The molecule has 112 valence electrons. The van der Waals surface area contributed by atoms with E-state index < -0.39 is 0 Å². The minimum atomic E-state index is -0.120. The molecule has 0 radical (unpaired) electrons. The number of benzene rings is 1. The van der Waals surface area contributed by atoms with Crippen LogP contribution in [-0.2, 0) is 11.2 Å². The Labute approximate surface area is 129 Å². The largest absolute Gasteiger partial charge is 0.381 e. The van der Waals surface area contributed by atoms with Gasteiger partial charge in [0.05, 0.1) is 0 Å². The van der Waals surface area contributed by atoms with Crippen molar-refractivity contribution in [3.8, 4) is 0 Å². The molecule has 20 heavy (non-hydrogen) atoms. The number of nitrogens with one attached hydrogen (secondary N) is 1. The molecular formula is C16H23BrFNO. The van der Waals surface area contributed by atoms with Crippen molar-refractivity contribution in [3.63, 3.8) is 0 Å². The first-order valence-electron chi connectivity index (χ1n) is 7.44. The number of halogens is 2. The van der Waals surface area contributed by atoms with Crippen molar-refractivity contribution in [2.24, 2.45) is 5.92 Å². The first kappa shape index (κ1) is 15.9. The lowest BCUT2D eigenvalue weighted by Crippen LogP contribution is -2.34. The molecule has 1 aliphatic heterocycles. The van der Waals surface area contributed by atoms with E-state index in [1.54, 1.807) is 6.07 Å². The summed E-state index contributed by atoms with van der Waals surface area (Å²) in [5.41, 5.74) is 0.792. The monoisotopic (exact) mass is 343 g/mol. The standard InChI is InChI=1S/C16H23BrFNO/c1-2-6-19-15(8-12-5-7-20-11-12)9-13-3-4-14(17)10-16(13)18/h3-4,10,12,15,19H,2,5-9,11H2,1H3. The van der Waals surface area contributed by atoms with Crippen LogP contribution in [0.3, 0.4) is 0 Å². The summed E-state index contributed by atoms with van der Waals surface area (Å²) in [6.45, 7) is 4.87. The molecule has 0 saturated carbocycles.